The number of rotatable bonds is 7. The van der Waals surface area contributed by atoms with Crippen LogP contribution in [0.5, 0.6) is 5.75 Å². The lowest BCUT2D eigenvalue weighted by Gasteiger charge is -2.22. The minimum Gasteiger partial charge on any atom is -0.497 e. The maximum Gasteiger partial charge on any atom is 0.253 e. The minimum atomic E-state index is -3.64. The summed E-state index contributed by atoms with van der Waals surface area (Å²) in [5, 5.41) is 13.5. The number of anilines is 1. The summed E-state index contributed by atoms with van der Waals surface area (Å²) in [6, 6.07) is 13.3. The van der Waals surface area contributed by atoms with Gasteiger partial charge < -0.3 is 20.1 Å². The summed E-state index contributed by atoms with van der Waals surface area (Å²) >= 11 is 0. The predicted octanol–water partition coefficient (Wildman–Crippen LogP) is 2.29. The molecular formula is C22H25N3O5S. The van der Waals surface area contributed by atoms with Gasteiger partial charge in [-0.3, -0.25) is 4.79 Å². The molecule has 0 amide bonds. The predicted molar refractivity (Wildman–Crippen MR) is 119 cm³/mol. The number of pyridine rings is 1. The fourth-order valence-corrected chi connectivity index (χ4v) is 5.56. The van der Waals surface area contributed by atoms with Crippen LogP contribution < -0.4 is 15.6 Å². The zero-order valence-electron chi connectivity index (χ0n) is 17.2. The van der Waals surface area contributed by atoms with Crippen LogP contribution in [0.1, 0.15) is 18.4 Å². The summed E-state index contributed by atoms with van der Waals surface area (Å²) in [6.45, 7) is 0.529. The third kappa shape index (κ3) is 4.30. The number of nitrogens with zero attached hydrogens (tertiary/aromatic N) is 1. The van der Waals surface area contributed by atoms with Crippen LogP contribution in [0.15, 0.2) is 58.2 Å². The molecule has 1 saturated heterocycles. The second-order valence-corrected chi connectivity index (χ2v) is 9.44. The molecule has 0 spiro atoms. The van der Waals surface area contributed by atoms with E-state index in [4.69, 9.17) is 4.74 Å². The second kappa shape index (κ2) is 8.70. The number of methoxy groups -OCH3 is 1. The number of aromatic amines is 1. The first-order valence-corrected chi connectivity index (χ1v) is 11.5. The van der Waals surface area contributed by atoms with Crippen LogP contribution in [0.25, 0.3) is 10.9 Å². The molecule has 3 N–H and O–H groups in total. The standard InChI is InChI=1S/C22H25N3O5S/c1-30-19-6-9-21-15(12-19)11-16(22(27)24-21)13-23-17-4-7-20(8-5-17)31(28,29)25-10-2-3-18(25)14-26/h4-9,11-12,18,23,26H,2-3,10,13-14H2,1H3,(H,24,27). The lowest BCUT2D eigenvalue weighted by molar-refractivity contribution is 0.213. The van der Waals surface area contributed by atoms with E-state index < -0.39 is 10.0 Å². The van der Waals surface area contributed by atoms with E-state index in [1.165, 1.54) is 4.31 Å². The Hall–Kier alpha value is -2.88. The monoisotopic (exact) mass is 443 g/mol. The van der Waals surface area contributed by atoms with Gasteiger partial charge in [-0.05, 0) is 61.4 Å². The summed E-state index contributed by atoms with van der Waals surface area (Å²) in [5.74, 6) is 0.705. The third-order valence-electron chi connectivity index (χ3n) is 5.61. The van der Waals surface area contributed by atoms with Crippen molar-refractivity contribution in [2.75, 3.05) is 25.6 Å². The molecule has 1 aromatic heterocycles. The van der Waals surface area contributed by atoms with Crippen LogP contribution in [0.4, 0.5) is 5.69 Å². The number of ether oxygens (including phenoxy) is 1. The molecule has 3 aromatic rings. The highest BCUT2D eigenvalue weighted by Gasteiger charge is 2.34. The number of H-pyrrole nitrogens is 1. The fraction of sp³-hybridized carbons (Fsp3) is 0.318. The first kappa shape index (κ1) is 21.4. The van der Waals surface area contributed by atoms with Gasteiger partial charge in [0, 0.05) is 41.3 Å². The number of hydrogen-bond acceptors (Lipinski definition) is 6. The van der Waals surface area contributed by atoms with Crippen molar-refractivity contribution >= 4 is 26.6 Å². The van der Waals surface area contributed by atoms with Crippen molar-refractivity contribution in [3.63, 3.8) is 0 Å². The molecule has 1 unspecified atom stereocenters. The van der Waals surface area contributed by atoms with E-state index in [1.54, 1.807) is 43.5 Å². The molecule has 0 aliphatic carbocycles. The summed E-state index contributed by atoms with van der Waals surface area (Å²) in [7, 11) is -2.05. The molecule has 2 aromatic carbocycles. The van der Waals surface area contributed by atoms with Crippen molar-refractivity contribution in [3.8, 4) is 5.75 Å². The second-order valence-electron chi connectivity index (χ2n) is 7.55. The highest BCUT2D eigenvalue weighted by molar-refractivity contribution is 7.89. The Morgan fingerprint density at radius 1 is 1.19 bits per heavy atom. The Bertz CT molecular complexity index is 1240. The van der Waals surface area contributed by atoms with Gasteiger partial charge in [0.05, 0.1) is 18.6 Å². The Balaban J connectivity index is 1.50. The molecule has 4 rings (SSSR count). The SMILES string of the molecule is COc1ccc2[nH]c(=O)c(CNc3ccc(S(=O)(=O)N4CCCC4CO)cc3)cc2c1. The third-order valence-corrected chi connectivity index (χ3v) is 7.57. The number of fused-ring (bicyclic) bond motifs is 1. The van der Waals surface area contributed by atoms with Crippen molar-refractivity contribution in [1.82, 2.24) is 9.29 Å². The summed E-state index contributed by atoms with van der Waals surface area (Å²) in [5.41, 5.74) is 1.80. The quantitative estimate of drug-likeness (QED) is 0.517. The smallest absolute Gasteiger partial charge is 0.253 e. The van der Waals surface area contributed by atoms with Gasteiger partial charge in [-0.1, -0.05) is 0 Å². The number of sulfonamides is 1. The molecule has 164 valence electrons. The van der Waals surface area contributed by atoms with Crippen LogP contribution in [0.3, 0.4) is 0 Å². The van der Waals surface area contributed by atoms with Gasteiger partial charge in [-0.25, -0.2) is 8.42 Å². The van der Waals surface area contributed by atoms with Crippen LogP contribution in [-0.4, -0.2) is 49.1 Å². The fourth-order valence-electron chi connectivity index (χ4n) is 3.87. The molecule has 8 nitrogen and oxygen atoms in total. The Morgan fingerprint density at radius 2 is 1.97 bits per heavy atom. The molecule has 1 aliphatic rings. The molecule has 0 bridgehead atoms. The summed E-state index contributed by atoms with van der Waals surface area (Å²) in [6.07, 6.45) is 1.41. The lowest BCUT2D eigenvalue weighted by Crippen LogP contribution is -2.37. The van der Waals surface area contributed by atoms with Gasteiger partial charge in [0.15, 0.2) is 0 Å². The van der Waals surface area contributed by atoms with E-state index in [9.17, 15) is 18.3 Å². The molecule has 0 radical (unpaired) electrons. The van der Waals surface area contributed by atoms with Crippen LogP contribution >= 0.6 is 0 Å². The van der Waals surface area contributed by atoms with Gasteiger partial charge >= 0.3 is 0 Å². The topological polar surface area (TPSA) is 112 Å². The molecule has 0 saturated carbocycles. The summed E-state index contributed by atoms with van der Waals surface area (Å²) < 4.78 is 32.3. The molecular weight excluding hydrogens is 418 g/mol. The zero-order valence-corrected chi connectivity index (χ0v) is 18.0. The molecule has 1 aliphatic heterocycles. The van der Waals surface area contributed by atoms with Crippen LogP contribution in [0, 0.1) is 0 Å². The number of hydrogen-bond donors (Lipinski definition) is 3. The van der Waals surface area contributed by atoms with E-state index >= 15 is 0 Å². The molecule has 1 fully saturated rings. The highest BCUT2D eigenvalue weighted by atomic mass is 32.2. The van der Waals surface area contributed by atoms with Gasteiger partial charge in [0.25, 0.3) is 5.56 Å². The van der Waals surface area contributed by atoms with E-state index in [0.29, 0.717) is 30.0 Å². The van der Waals surface area contributed by atoms with Gasteiger partial charge in [0.1, 0.15) is 5.75 Å². The number of nitrogens with one attached hydrogen (secondary N) is 2. The van der Waals surface area contributed by atoms with E-state index in [2.05, 4.69) is 10.3 Å². The van der Waals surface area contributed by atoms with Crippen LogP contribution in [0.2, 0.25) is 0 Å². The Kier molecular flexibility index (Phi) is 5.99. The van der Waals surface area contributed by atoms with Crippen LogP contribution in [-0.2, 0) is 16.6 Å². The van der Waals surface area contributed by atoms with Crippen molar-refractivity contribution in [1.29, 1.82) is 0 Å². The van der Waals surface area contributed by atoms with Crippen molar-refractivity contribution in [2.24, 2.45) is 0 Å². The van der Waals surface area contributed by atoms with Gasteiger partial charge in [-0.2, -0.15) is 4.31 Å². The maximum atomic E-state index is 12.9. The number of aromatic nitrogens is 1. The van der Waals surface area contributed by atoms with Gasteiger partial charge in [0.2, 0.25) is 10.0 Å². The van der Waals surface area contributed by atoms with E-state index in [-0.39, 0.29) is 29.6 Å². The molecule has 9 heteroatoms. The largest absolute Gasteiger partial charge is 0.497 e. The van der Waals surface area contributed by atoms with Crippen molar-refractivity contribution < 1.29 is 18.3 Å². The lowest BCUT2D eigenvalue weighted by atomic mass is 10.1. The number of aliphatic hydroxyl groups is 1. The first-order chi connectivity index (χ1) is 14.9. The molecule has 31 heavy (non-hydrogen) atoms. The zero-order chi connectivity index (χ0) is 22.0. The molecule has 2 heterocycles. The van der Waals surface area contributed by atoms with Crippen molar-refractivity contribution in [2.45, 2.75) is 30.3 Å². The Morgan fingerprint density at radius 3 is 2.68 bits per heavy atom. The molecule has 1 atom stereocenters. The average Bonchev–Trinajstić information content (AvgIpc) is 3.27. The van der Waals surface area contributed by atoms with Crippen molar-refractivity contribution in [3.05, 3.63) is 64.4 Å². The Labute approximate surface area is 180 Å². The van der Waals surface area contributed by atoms with E-state index in [0.717, 1.165) is 17.3 Å². The number of aliphatic hydroxyl groups excluding tert-OH is 1. The van der Waals surface area contributed by atoms with E-state index in [1.807, 2.05) is 12.1 Å². The van der Waals surface area contributed by atoms with Gasteiger partial charge in [-0.15, -0.1) is 0 Å². The number of benzene rings is 2. The maximum absolute atomic E-state index is 12.9. The first-order valence-electron chi connectivity index (χ1n) is 10.1. The summed E-state index contributed by atoms with van der Waals surface area (Å²) in [4.78, 5) is 15.4. The normalized spacial score (nSPS) is 17.2. The minimum absolute atomic E-state index is 0.176. The highest BCUT2D eigenvalue weighted by Crippen LogP contribution is 2.26. The average molecular weight is 444 g/mol.